The van der Waals surface area contributed by atoms with Gasteiger partial charge in [-0.15, -0.1) is 11.3 Å². The number of unbranched alkanes of at least 4 members (excludes halogenated alkanes) is 1. The fraction of sp³-hybridized carbons (Fsp3) is 0.682. The lowest BCUT2D eigenvalue weighted by Gasteiger charge is -2.36. The molecule has 0 aromatic carbocycles. The first-order valence-corrected chi connectivity index (χ1v) is 11.9. The third-order valence-corrected chi connectivity index (χ3v) is 7.60. The average Bonchev–Trinajstić information content (AvgIpc) is 3.51. The molecule has 5 nitrogen and oxygen atoms in total. The second-order valence-electron chi connectivity index (χ2n) is 8.54. The van der Waals surface area contributed by atoms with Crippen LogP contribution in [0.1, 0.15) is 61.7 Å². The summed E-state index contributed by atoms with van der Waals surface area (Å²) >= 11 is 1.90. The Morgan fingerprint density at radius 3 is 2.64 bits per heavy atom. The van der Waals surface area contributed by atoms with E-state index >= 15 is 0 Å². The molecule has 2 aromatic rings. The van der Waals surface area contributed by atoms with Gasteiger partial charge in [-0.1, -0.05) is 13.3 Å². The molecular formula is C22H30N4OS. The lowest BCUT2D eigenvalue weighted by atomic mass is 9.97. The van der Waals surface area contributed by atoms with E-state index in [0.29, 0.717) is 11.8 Å². The van der Waals surface area contributed by atoms with Crippen molar-refractivity contribution in [2.24, 2.45) is 5.92 Å². The maximum atomic E-state index is 12.4. The van der Waals surface area contributed by atoms with Crippen LogP contribution in [0.3, 0.4) is 0 Å². The summed E-state index contributed by atoms with van der Waals surface area (Å²) in [6.45, 7) is 5.67. The van der Waals surface area contributed by atoms with Crippen molar-refractivity contribution in [2.75, 3.05) is 31.1 Å². The summed E-state index contributed by atoms with van der Waals surface area (Å²) < 4.78 is 0. The summed E-state index contributed by atoms with van der Waals surface area (Å²) in [5.41, 5.74) is 1.51. The molecule has 1 amide bonds. The van der Waals surface area contributed by atoms with Gasteiger partial charge >= 0.3 is 0 Å². The second kappa shape index (κ2) is 7.62. The minimum Gasteiger partial charge on any atom is -0.352 e. The smallest absolute Gasteiger partial charge is 0.225 e. The quantitative estimate of drug-likeness (QED) is 0.765. The molecule has 6 heteroatoms. The van der Waals surface area contributed by atoms with Gasteiger partial charge in [0.1, 0.15) is 16.5 Å². The van der Waals surface area contributed by atoms with Crippen molar-refractivity contribution >= 4 is 33.3 Å². The maximum Gasteiger partial charge on any atom is 0.225 e. The van der Waals surface area contributed by atoms with Crippen molar-refractivity contribution < 1.29 is 4.79 Å². The Balaban J connectivity index is 1.46. The summed E-state index contributed by atoms with van der Waals surface area (Å²) in [6.07, 6.45) is 10.4. The highest BCUT2D eigenvalue weighted by Crippen LogP contribution is 2.40. The molecule has 1 saturated carbocycles. The van der Waals surface area contributed by atoms with E-state index in [2.05, 4.69) is 16.7 Å². The molecule has 0 N–H and O–H groups in total. The van der Waals surface area contributed by atoms with Gasteiger partial charge in [0.05, 0.1) is 5.39 Å². The number of fused-ring (bicyclic) bond motifs is 3. The molecule has 28 heavy (non-hydrogen) atoms. The molecule has 3 heterocycles. The predicted octanol–water partition coefficient (Wildman–Crippen LogP) is 3.97. The number of thiophene rings is 1. The standard InChI is InChI=1S/C22H30N4OS/c1-2-3-8-18-23-20(19-16-6-4-5-7-17(16)28-21(19)24-18)25-11-13-26(14-12-25)22(27)15-9-10-15/h15H,2-14H2,1H3. The number of aryl methyl sites for hydroxylation is 3. The molecule has 150 valence electrons. The lowest BCUT2D eigenvalue weighted by Crippen LogP contribution is -2.49. The summed E-state index contributed by atoms with van der Waals surface area (Å²) in [6, 6.07) is 0. The molecule has 5 rings (SSSR count). The third-order valence-electron chi connectivity index (χ3n) is 6.41. The van der Waals surface area contributed by atoms with Crippen molar-refractivity contribution in [2.45, 2.75) is 64.7 Å². The first kappa shape index (κ1) is 18.3. The fourth-order valence-electron chi connectivity index (χ4n) is 4.58. The van der Waals surface area contributed by atoms with Crippen LogP contribution in [0, 0.1) is 5.92 Å². The normalized spacial score (nSPS) is 19.9. The number of rotatable bonds is 5. The molecule has 2 aliphatic carbocycles. The first-order chi connectivity index (χ1) is 13.7. The SMILES string of the molecule is CCCCc1nc(N2CCN(C(=O)C3CC3)CC2)c2c3c(sc2n1)CCCC3. The van der Waals surface area contributed by atoms with Crippen LogP contribution in [0.25, 0.3) is 10.2 Å². The van der Waals surface area contributed by atoms with Gasteiger partial charge in [0.25, 0.3) is 0 Å². The highest BCUT2D eigenvalue weighted by molar-refractivity contribution is 7.19. The van der Waals surface area contributed by atoms with Crippen LogP contribution in [0.4, 0.5) is 5.82 Å². The molecule has 1 aliphatic heterocycles. The van der Waals surface area contributed by atoms with Crippen LogP contribution in [-0.2, 0) is 24.1 Å². The molecular weight excluding hydrogens is 368 g/mol. The molecule has 1 saturated heterocycles. The number of hydrogen-bond acceptors (Lipinski definition) is 5. The Bertz CT molecular complexity index is 880. The molecule has 0 atom stereocenters. The predicted molar refractivity (Wildman–Crippen MR) is 114 cm³/mol. The van der Waals surface area contributed by atoms with E-state index in [4.69, 9.17) is 9.97 Å². The van der Waals surface area contributed by atoms with E-state index < -0.39 is 0 Å². The van der Waals surface area contributed by atoms with Gasteiger partial charge in [-0.25, -0.2) is 9.97 Å². The van der Waals surface area contributed by atoms with E-state index in [-0.39, 0.29) is 0 Å². The minimum atomic E-state index is 0.321. The van der Waals surface area contributed by atoms with E-state index in [9.17, 15) is 4.79 Å². The fourth-order valence-corrected chi connectivity index (χ4v) is 5.86. The van der Waals surface area contributed by atoms with E-state index in [0.717, 1.165) is 63.5 Å². The Morgan fingerprint density at radius 1 is 1.11 bits per heavy atom. The van der Waals surface area contributed by atoms with E-state index in [1.807, 2.05) is 11.3 Å². The van der Waals surface area contributed by atoms with Crippen LogP contribution in [0.5, 0.6) is 0 Å². The van der Waals surface area contributed by atoms with Gasteiger partial charge in [-0.3, -0.25) is 4.79 Å². The number of hydrogen-bond donors (Lipinski definition) is 0. The van der Waals surface area contributed by atoms with Gasteiger partial charge in [0.15, 0.2) is 0 Å². The molecule has 0 radical (unpaired) electrons. The van der Waals surface area contributed by atoms with Gasteiger partial charge in [-0.2, -0.15) is 0 Å². The van der Waals surface area contributed by atoms with Crippen molar-refractivity contribution in [3.05, 3.63) is 16.3 Å². The van der Waals surface area contributed by atoms with Crippen LogP contribution in [0.15, 0.2) is 0 Å². The number of aromatic nitrogens is 2. The van der Waals surface area contributed by atoms with Crippen molar-refractivity contribution in [3.63, 3.8) is 0 Å². The molecule has 0 spiro atoms. The Hall–Kier alpha value is -1.69. The maximum absolute atomic E-state index is 12.4. The topological polar surface area (TPSA) is 49.3 Å². The molecule has 0 bridgehead atoms. The van der Waals surface area contributed by atoms with Gasteiger partial charge in [0, 0.05) is 43.4 Å². The van der Waals surface area contributed by atoms with Crippen molar-refractivity contribution in [3.8, 4) is 0 Å². The van der Waals surface area contributed by atoms with Crippen LogP contribution in [-0.4, -0.2) is 47.0 Å². The summed E-state index contributed by atoms with van der Waals surface area (Å²) in [7, 11) is 0. The zero-order valence-electron chi connectivity index (χ0n) is 16.9. The van der Waals surface area contributed by atoms with E-state index in [1.54, 1.807) is 0 Å². The zero-order chi connectivity index (χ0) is 19.1. The molecule has 0 unspecified atom stereocenters. The monoisotopic (exact) mass is 398 g/mol. The Labute approximate surface area is 171 Å². The van der Waals surface area contributed by atoms with Crippen molar-refractivity contribution in [1.82, 2.24) is 14.9 Å². The van der Waals surface area contributed by atoms with Gasteiger partial charge < -0.3 is 9.80 Å². The van der Waals surface area contributed by atoms with Crippen LogP contribution >= 0.6 is 11.3 Å². The van der Waals surface area contributed by atoms with Crippen LogP contribution < -0.4 is 4.90 Å². The number of carbonyl (C=O) groups is 1. The lowest BCUT2D eigenvalue weighted by molar-refractivity contribution is -0.132. The summed E-state index contributed by atoms with van der Waals surface area (Å²) in [4.78, 5) is 29.7. The minimum absolute atomic E-state index is 0.321. The second-order valence-corrected chi connectivity index (χ2v) is 9.63. The Kier molecular flexibility index (Phi) is 4.99. The van der Waals surface area contributed by atoms with Gasteiger partial charge in [-0.05, 0) is 50.5 Å². The first-order valence-electron chi connectivity index (χ1n) is 11.1. The number of carbonyl (C=O) groups excluding carboxylic acids is 1. The Morgan fingerprint density at radius 2 is 1.89 bits per heavy atom. The number of piperazine rings is 1. The number of amides is 1. The van der Waals surface area contributed by atoms with Gasteiger partial charge in [0.2, 0.25) is 5.91 Å². The zero-order valence-corrected chi connectivity index (χ0v) is 17.7. The highest BCUT2D eigenvalue weighted by Gasteiger charge is 2.35. The summed E-state index contributed by atoms with van der Waals surface area (Å²) in [5, 5.41) is 1.32. The van der Waals surface area contributed by atoms with E-state index in [1.165, 1.54) is 52.8 Å². The van der Waals surface area contributed by atoms with Crippen molar-refractivity contribution in [1.29, 1.82) is 0 Å². The highest BCUT2D eigenvalue weighted by atomic mass is 32.1. The molecule has 3 aliphatic rings. The molecule has 2 aromatic heterocycles. The third kappa shape index (κ3) is 3.40. The number of anilines is 1. The summed E-state index contributed by atoms with van der Waals surface area (Å²) in [5.74, 6) is 2.85. The largest absolute Gasteiger partial charge is 0.352 e. The molecule has 2 fully saturated rings. The number of nitrogens with zero attached hydrogens (tertiary/aromatic N) is 4. The van der Waals surface area contributed by atoms with Crippen LogP contribution in [0.2, 0.25) is 0 Å². The average molecular weight is 399 g/mol.